The molecule has 0 saturated carbocycles. The minimum atomic E-state index is -1.08. The summed E-state index contributed by atoms with van der Waals surface area (Å²) in [5.74, 6) is -1.55. The Morgan fingerprint density at radius 1 is 1.42 bits per heavy atom. The van der Waals surface area contributed by atoms with Crippen LogP contribution < -0.4 is 0 Å². The van der Waals surface area contributed by atoms with E-state index < -0.39 is 17.7 Å². The maximum atomic E-state index is 12.8. The van der Waals surface area contributed by atoms with Crippen LogP contribution in [0.4, 0.5) is 8.78 Å². The van der Waals surface area contributed by atoms with Gasteiger partial charge in [0.1, 0.15) is 11.6 Å². The highest BCUT2D eigenvalue weighted by atomic mass is 35.5. The Labute approximate surface area is 73.6 Å². The quantitative estimate of drug-likeness (QED) is 0.713. The fraction of sp³-hybridized carbons (Fsp3) is 0.250. The summed E-state index contributed by atoms with van der Waals surface area (Å²) in [5, 5.41) is 9.11. The molecule has 4 heteroatoms. The molecule has 1 atom stereocenters. The Hall–Kier alpha value is -0.670. The molecule has 0 amide bonds. The van der Waals surface area contributed by atoms with Gasteiger partial charge >= 0.3 is 0 Å². The second-order valence-electron chi connectivity index (χ2n) is 2.34. The minimum Gasteiger partial charge on any atom is -0.387 e. The second kappa shape index (κ2) is 3.83. The number of rotatable bonds is 2. The van der Waals surface area contributed by atoms with Gasteiger partial charge in [-0.1, -0.05) is 6.07 Å². The second-order valence-corrected chi connectivity index (χ2v) is 2.64. The van der Waals surface area contributed by atoms with Crippen LogP contribution in [0.5, 0.6) is 0 Å². The van der Waals surface area contributed by atoms with Crippen molar-refractivity contribution in [2.75, 3.05) is 5.88 Å². The van der Waals surface area contributed by atoms with Crippen molar-refractivity contribution in [1.29, 1.82) is 0 Å². The number of aliphatic hydroxyl groups is 1. The molecule has 1 aromatic rings. The lowest BCUT2D eigenvalue weighted by atomic mass is 10.1. The van der Waals surface area contributed by atoms with Gasteiger partial charge in [-0.3, -0.25) is 0 Å². The largest absolute Gasteiger partial charge is 0.387 e. The first-order valence-electron chi connectivity index (χ1n) is 3.34. The standard InChI is InChI=1S/C8H7ClF2O/c9-4-8(12)6-2-1-5(10)3-7(6)11/h1-3,8,12H,4H2. The van der Waals surface area contributed by atoms with Crippen LogP contribution in [0.3, 0.4) is 0 Å². The molecule has 0 aliphatic heterocycles. The highest BCUT2D eigenvalue weighted by Gasteiger charge is 2.11. The highest BCUT2D eigenvalue weighted by Crippen LogP contribution is 2.18. The predicted molar refractivity (Wildman–Crippen MR) is 42.0 cm³/mol. The number of halogens is 3. The SMILES string of the molecule is OC(CCl)c1ccc(F)cc1F. The fourth-order valence-electron chi connectivity index (χ4n) is 0.855. The van der Waals surface area contributed by atoms with Crippen LogP contribution in [-0.2, 0) is 0 Å². The summed E-state index contributed by atoms with van der Waals surface area (Å²) in [6, 6.07) is 2.97. The molecule has 0 aliphatic carbocycles. The molecule has 0 fully saturated rings. The van der Waals surface area contributed by atoms with E-state index in [0.717, 1.165) is 6.07 Å². The highest BCUT2D eigenvalue weighted by molar-refractivity contribution is 6.18. The van der Waals surface area contributed by atoms with Gasteiger partial charge in [0.05, 0.1) is 12.0 Å². The molecule has 0 aliphatic rings. The molecule has 0 aromatic heterocycles. The van der Waals surface area contributed by atoms with E-state index >= 15 is 0 Å². The average molecular weight is 193 g/mol. The molecule has 1 unspecified atom stereocenters. The molecule has 66 valence electrons. The summed E-state index contributed by atoms with van der Waals surface area (Å²) >= 11 is 5.29. The van der Waals surface area contributed by atoms with E-state index in [1.807, 2.05) is 0 Å². The van der Waals surface area contributed by atoms with Crippen LogP contribution >= 0.6 is 11.6 Å². The van der Waals surface area contributed by atoms with Crippen LogP contribution in [0.15, 0.2) is 18.2 Å². The van der Waals surface area contributed by atoms with Crippen molar-refractivity contribution in [2.45, 2.75) is 6.10 Å². The van der Waals surface area contributed by atoms with Gasteiger partial charge in [0.2, 0.25) is 0 Å². The molecule has 1 aromatic carbocycles. The van der Waals surface area contributed by atoms with Gasteiger partial charge in [0, 0.05) is 11.6 Å². The van der Waals surface area contributed by atoms with Gasteiger partial charge < -0.3 is 5.11 Å². The van der Waals surface area contributed by atoms with Crippen LogP contribution in [-0.4, -0.2) is 11.0 Å². The third kappa shape index (κ3) is 1.93. The van der Waals surface area contributed by atoms with Crippen molar-refractivity contribution in [3.8, 4) is 0 Å². The maximum absolute atomic E-state index is 12.8. The molecule has 12 heavy (non-hydrogen) atoms. The molecule has 0 heterocycles. The Balaban J connectivity index is 3.01. The lowest BCUT2D eigenvalue weighted by molar-refractivity contribution is 0.197. The normalized spacial score (nSPS) is 13.0. The first-order chi connectivity index (χ1) is 5.65. The predicted octanol–water partition coefficient (Wildman–Crippen LogP) is 2.24. The molecular formula is C8H7ClF2O. The third-order valence-electron chi connectivity index (χ3n) is 1.47. The summed E-state index contributed by atoms with van der Waals surface area (Å²) in [4.78, 5) is 0. The number of aliphatic hydroxyl groups excluding tert-OH is 1. The summed E-state index contributed by atoms with van der Waals surface area (Å²) in [7, 11) is 0. The van der Waals surface area contributed by atoms with Gasteiger partial charge in [-0.2, -0.15) is 0 Å². The van der Waals surface area contributed by atoms with Crippen molar-refractivity contribution >= 4 is 11.6 Å². The van der Waals surface area contributed by atoms with Crippen LogP contribution in [0, 0.1) is 11.6 Å². The summed E-state index contributed by atoms with van der Waals surface area (Å²) < 4.78 is 25.2. The van der Waals surface area contributed by atoms with Crippen LogP contribution in [0.25, 0.3) is 0 Å². The zero-order valence-electron chi connectivity index (χ0n) is 6.10. The lowest BCUT2D eigenvalue weighted by Crippen LogP contribution is -2.01. The van der Waals surface area contributed by atoms with Crippen molar-refractivity contribution in [3.63, 3.8) is 0 Å². The van der Waals surface area contributed by atoms with Gasteiger partial charge in [0.15, 0.2) is 0 Å². The number of alkyl halides is 1. The van der Waals surface area contributed by atoms with Crippen LogP contribution in [0.1, 0.15) is 11.7 Å². The zero-order chi connectivity index (χ0) is 9.14. The van der Waals surface area contributed by atoms with E-state index in [-0.39, 0.29) is 11.4 Å². The van der Waals surface area contributed by atoms with Gasteiger partial charge in [0.25, 0.3) is 0 Å². The van der Waals surface area contributed by atoms with Crippen molar-refractivity contribution in [3.05, 3.63) is 35.4 Å². The Morgan fingerprint density at radius 3 is 2.58 bits per heavy atom. The summed E-state index contributed by atoms with van der Waals surface area (Å²) in [5.41, 5.74) is 0.0198. The van der Waals surface area contributed by atoms with E-state index in [0.29, 0.717) is 6.07 Å². The molecule has 0 saturated heterocycles. The minimum absolute atomic E-state index is 0.0198. The van der Waals surface area contributed by atoms with Gasteiger partial charge in [-0.15, -0.1) is 11.6 Å². The summed E-state index contributed by atoms with van der Waals surface area (Å²) in [6.07, 6.45) is -1.08. The lowest BCUT2D eigenvalue weighted by Gasteiger charge is -2.07. The number of hydrogen-bond donors (Lipinski definition) is 1. The third-order valence-corrected chi connectivity index (χ3v) is 1.76. The molecule has 1 nitrogen and oxygen atoms in total. The van der Waals surface area contributed by atoms with Crippen molar-refractivity contribution < 1.29 is 13.9 Å². The van der Waals surface area contributed by atoms with Crippen molar-refractivity contribution in [2.24, 2.45) is 0 Å². The fourth-order valence-corrected chi connectivity index (χ4v) is 1.02. The van der Waals surface area contributed by atoms with E-state index in [9.17, 15) is 8.78 Å². The van der Waals surface area contributed by atoms with E-state index in [1.54, 1.807) is 0 Å². The molecular weight excluding hydrogens is 186 g/mol. The van der Waals surface area contributed by atoms with Crippen molar-refractivity contribution in [1.82, 2.24) is 0 Å². The Kier molecular flexibility index (Phi) is 3.00. The molecule has 1 rings (SSSR count). The summed E-state index contributed by atoms with van der Waals surface area (Å²) in [6.45, 7) is 0. The van der Waals surface area contributed by atoms with E-state index in [4.69, 9.17) is 16.7 Å². The number of hydrogen-bond acceptors (Lipinski definition) is 1. The first-order valence-corrected chi connectivity index (χ1v) is 3.87. The monoisotopic (exact) mass is 192 g/mol. The van der Waals surface area contributed by atoms with Gasteiger partial charge in [-0.25, -0.2) is 8.78 Å². The maximum Gasteiger partial charge on any atom is 0.131 e. The molecule has 0 spiro atoms. The topological polar surface area (TPSA) is 20.2 Å². The first kappa shape index (κ1) is 9.42. The smallest absolute Gasteiger partial charge is 0.131 e. The average Bonchev–Trinajstić information content (AvgIpc) is 2.03. The molecule has 1 N–H and O–H groups in total. The van der Waals surface area contributed by atoms with E-state index in [1.165, 1.54) is 6.07 Å². The Bertz CT molecular complexity index is 278. The van der Waals surface area contributed by atoms with Crippen LogP contribution in [0.2, 0.25) is 0 Å². The molecule has 0 bridgehead atoms. The Morgan fingerprint density at radius 2 is 2.08 bits per heavy atom. The zero-order valence-corrected chi connectivity index (χ0v) is 6.85. The molecule has 0 radical (unpaired) electrons. The number of benzene rings is 1. The van der Waals surface area contributed by atoms with E-state index in [2.05, 4.69) is 0 Å². The van der Waals surface area contributed by atoms with Gasteiger partial charge in [-0.05, 0) is 6.07 Å².